The number of ketones is 1. The van der Waals surface area contributed by atoms with E-state index in [1.165, 1.54) is 21.0 Å². The number of carbonyl (C=O) groups is 4. The van der Waals surface area contributed by atoms with Crippen molar-refractivity contribution >= 4 is 23.6 Å². The second-order valence-corrected chi connectivity index (χ2v) is 4.54. The van der Waals surface area contributed by atoms with Gasteiger partial charge in [0.15, 0.2) is 0 Å². The number of Topliss-reactive ketones (excluding diaryl/α,β-unsaturated/α-hetero) is 1. The number of amides is 1. The number of hydrogen-bond acceptors (Lipinski definition) is 6. The molecule has 0 fully saturated rings. The van der Waals surface area contributed by atoms with Crippen molar-refractivity contribution in [3.8, 4) is 0 Å². The molecule has 0 atom stereocenters. The summed E-state index contributed by atoms with van der Waals surface area (Å²) < 4.78 is 9.12. The summed E-state index contributed by atoms with van der Waals surface area (Å²) >= 11 is 0. The summed E-state index contributed by atoms with van der Waals surface area (Å²) in [4.78, 5) is 45.3. The van der Waals surface area contributed by atoms with Gasteiger partial charge in [-0.05, 0) is 20.8 Å². The predicted molar refractivity (Wildman–Crippen MR) is 69.6 cm³/mol. The zero-order valence-electron chi connectivity index (χ0n) is 12.0. The average molecular weight is 285 g/mol. The summed E-state index contributed by atoms with van der Waals surface area (Å²) in [6.45, 7) is 4.73. The maximum absolute atomic E-state index is 11.8. The standard InChI is InChI=1S/C13H19NO6/c1-5-14-12(18)11(17)13(2,3)8-20-10(16)7-6-9(15)19-4/h6-7H,5,8H2,1-4H3,(H,14,18)/b7-6+. The lowest BCUT2D eigenvalue weighted by molar-refractivity contribution is -0.149. The number of esters is 2. The van der Waals surface area contributed by atoms with Gasteiger partial charge in [-0.2, -0.15) is 0 Å². The third-order valence-corrected chi connectivity index (χ3v) is 2.29. The van der Waals surface area contributed by atoms with E-state index in [1.807, 2.05) is 0 Å². The van der Waals surface area contributed by atoms with E-state index in [0.29, 0.717) is 6.54 Å². The van der Waals surface area contributed by atoms with E-state index in [9.17, 15) is 19.2 Å². The highest BCUT2D eigenvalue weighted by atomic mass is 16.5. The minimum Gasteiger partial charge on any atom is -0.466 e. The Morgan fingerprint density at radius 2 is 1.65 bits per heavy atom. The molecule has 0 bridgehead atoms. The number of ether oxygens (including phenoxy) is 2. The molecule has 0 saturated carbocycles. The molecule has 1 amide bonds. The van der Waals surface area contributed by atoms with Crippen molar-refractivity contribution in [3.63, 3.8) is 0 Å². The van der Waals surface area contributed by atoms with Crippen LogP contribution >= 0.6 is 0 Å². The van der Waals surface area contributed by atoms with Crippen LogP contribution in [-0.4, -0.2) is 43.9 Å². The number of nitrogens with one attached hydrogen (secondary N) is 1. The fraction of sp³-hybridized carbons (Fsp3) is 0.538. The lowest BCUT2D eigenvalue weighted by Gasteiger charge is -2.21. The van der Waals surface area contributed by atoms with Crippen molar-refractivity contribution in [2.75, 3.05) is 20.3 Å². The first-order valence-electron chi connectivity index (χ1n) is 6.00. The second kappa shape index (κ2) is 8.08. The number of methoxy groups -OCH3 is 1. The summed E-state index contributed by atoms with van der Waals surface area (Å²) in [6, 6.07) is 0. The first kappa shape index (κ1) is 17.8. The minimum atomic E-state index is -1.14. The van der Waals surface area contributed by atoms with Crippen molar-refractivity contribution < 1.29 is 28.7 Å². The van der Waals surface area contributed by atoms with E-state index in [-0.39, 0.29) is 6.61 Å². The normalized spacial score (nSPS) is 11.0. The fourth-order valence-corrected chi connectivity index (χ4v) is 1.12. The molecule has 1 N–H and O–H groups in total. The Balaban J connectivity index is 4.45. The van der Waals surface area contributed by atoms with E-state index in [2.05, 4.69) is 10.1 Å². The van der Waals surface area contributed by atoms with Crippen LogP contribution in [-0.2, 0) is 28.7 Å². The Kier molecular flexibility index (Phi) is 7.20. The smallest absolute Gasteiger partial charge is 0.331 e. The number of rotatable bonds is 7. The molecule has 0 radical (unpaired) electrons. The molecular weight excluding hydrogens is 266 g/mol. The van der Waals surface area contributed by atoms with Crippen molar-refractivity contribution in [2.24, 2.45) is 5.41 Å². The van der Waals surface area contributed by atoms with Gasteiger partial charge in [0, 0.05) is 18.7 Å². The van der Waals surface area contributed by atoms with Gasteiger partial charge in [0.2, 0.25) is 5.78 Å². The average Bonchev–Trinajstić information content (AvgIpc) is 2.41. The summed E-state index contributed by atoms with van der Waals surface area (Å²) in [5.41, 5.74) is -1.14. The monoisotopic (exact) mass is 285 g/mol. The highest BCUT2D eigenvalue weighted by molar-refractivity contribution is 6.38. The van der Waals surface area contributed by atoms with Crippen LogP contribution in [0.15, 0.2) is 12.2 Å². The maximum Gasteiger partial charge on any atom is 0.331 e. The fourth-order valence-electron chi connectivity index (χ4n) is 1.12. The van der Waals surface area contributed by atoms with Crippen molar-refractivity contribution in [1.29, 1.82) is 0 Å². The molecule has 0 aromatic carbocycles. The van der Waals surface area contributed by atoms with Crippen LogP contribution in [0, 0.1) is 5.41 Å². The second-order valence-electron chi connectivity index (χ2n) is 4.54. The van der Waals surface area contributed by atoms with Gasteiger partial charge in [0.25, 0.3) is 5.91 Å². The van der Waals surface area contributed by atoms with E-state index >= 15 is 0 Å². The van der Waals surface area contributed by atoms with E-state index < -0.39 is 29.0 Å². The first-order chi connectivity index (χ1) is 9.24. The van der Waals surface area contributed by atoms with E-state index in [1.54, 1.807) is 6.92 Å². The number of hydrogen-bond donors (Lipinski definition) is 1. The number of carbonyl (C=O) groups excluding carboxylic acids is 4. The van der Waals surface area contributed by atoms with Crippen LogP contribution in [0.4, 0.5) is 0 Å². The Bertz CT molecular complexity index is 425. The van der Waals surface area contributed by atoms with Crippen LogP contribution in [0.3, 0.4) is 0 Å². The highest BCUT2D eigenvalue weighted by Gasteiger charge is 2.34. The minimum absolute atomic E-state index is 0.271. The SMILES string of the molecule is CCNC(=O)C(=O)C(C)(C)COC(=O)/C=C/C(=O)OC. The van der Waals surface area contributed by atoms with Crippen LogP contribution in [0.1, 0.15) is 20.8 Å². The van der Waals surface area contributed by atoms with Crippen molar-refractivity contribution in [3.05, 3.63) is 12.2 Å². The van der Waals surface area contributed by atoms with Crippen LogP contribution in [0.5, 0.6) is 0 Å². The molecule has 0 unspecified atom stereocenters. The highest BCUT2D eigenvalue weighted by Crippen LogP contribution is 2.17. The molecule has 7 nitrogen and oxygen atoms in total. The van der Waals surface area contributed by atoms with E-state index in [0.717, 1.165) is 12.2 Å². The molecule has 0 aromatic heterocycles. The summed E-state index contributed by atoms with van der Waals surface area (Å²) in [5.74, 6) is -2.89. The summed E-state index contributed by atoms with van der Waals surface area (Å²) in [7, 11) is 1.17. The van der Waals surface area contributed by atoms with Crippen LogP contribution < -0.4 is 5.32 Å². The Morgan fingerprint density at radius 1 is 1.10 bits per heavy atom. The molecule has 20 heavy (non-hydrogen) atoms. The molecule has 0 aromatic rings. The molecule has 0 saturated heterocycles. The Hall–Kier alpha value is -2.18. The molecule has 7 heteroatoms. The quantitative estimate of drug-likeness (QED) is 0.401. The molecular formula is C13H19NO6. The lowest BCUT2D eigenvalue weighted by Crippen LogP contribution is -2.42. The van der Waals surface area contributed by atoms with Gasteiger partial charge in [-0.3, -0.25) is 9.59 Å². The molecule has 0 aliphatic carbocycles. The summed E-state index contributed by atoms with van der Waals surface area (Å²) in [6.07, 6.45) is 1.79. The third-order valence-electron chi connectivity index (χ3n) is 2.29. The molecule has 0 heterocycles. The number of likely N-dealkylation sites (N-methyl/N-ethyl adjacent to an activating group) is 1. The largest absolute Gasteiger partial charge is 0.466 e. The molecule has 0 rings (SSSR count). The molecule has 112 valence electrons. The lowest BCUT2D eigenvalue weighted by atomic mass is 9.88. The Morgan fingerprint density at radius 3 is 2.15 bits per heavy atom. The third kappa shape index (κ3) is 6.12. The zero-order chi connectivity index (χ0) is 15.8. The molecule has 0 aliphatic heterocycles. The summed E-state index contributed by atoms with van der Waals surface area (Å²) in [5, 5.41) is 2.38. The molecule has 0 spiro atoms. The van der Waals surface area contributed by atoms with Gasteiger partial charge in [0.05, 0.1) is 12.5 Å². The van der Waals surface area contributed by atoms with Crippen molar-refractivity contribution in [1.82, 2.24) is 5.32 Å². The predicted octanol–water partition coefficient (Wildman–Crippen LogP) is -0.00980. The van der Waals surface area contributed by atoms with Gasteiger partial charge < -0.3 is 14.8 Å². The van der Waals surface area contributed by atoms with Gasteiger partial charge in [-0.1, -0.05) is 0 Å². The molecule has 0 aliphatic rings. The van der Waals surface area contributed by atoms with Crippen LogP contribution in [0.2, 0.25) is 0 Å². The zero-order valence-corrected chi connectivity index (χ0v) is 12.0. The van der Waals surface area contributed by atoms with E-state index in [4.69, 9.17) is 4.74 Å². The van der Waals surface area contributed by atoms with Gasteiger partial charge in [-0.15, -0.1) is 0 Å². The first-order valence-corrected chi connectivity index (χ1v) is 6.00. The van der Waals surface area contributed by atoms with Crippen molar-refractivity contribution in [2.45, 2.75) is 20.8 Å². The Labute approximate surface area is 117 Å². The van der Waals surface area contributed by atoms with Gasteiger partial charge >= 0.3 is 11.9 Å². The van der Waals surface area contributed by atoms with Crippen LogP contribution in [0.25, 0.3) is 0 Å². The van der Waals surface area contributed by atoms with Gasteiger partial charge in [0.1, 0.15) is 6.61 Å². The van der Waals surface area contributed by atoms with Gasteiger partial charge in [-0.25, -0.2) is 9.59 Å². The topological polar surface area (TPSA) is 98.8 Å². The maximum atomic E-state index is 11.8.